The summed E-state index contributed by atoms with van der Waals surface area (Å²) in [4.78, 5) is 11.7. The lowest BCUT2D eigenvalue weighted by molar-refractivity contribution is 0.188. The first-order valence-corrected chi connectivity index (χ1v) is 6.44. The number of hydrogen-bond donors (Lipinski definition) is 2. The molecule has 0 aliphatic carbocycles. The van der Waals surface area contributed by atoms with E-state index in [-0.39, 0.29) is 17.9 Å². The molecule has 1 aromatic rings. The molecule has 4 nitrogen and oxygen atoms in total. The topological polar surface area (TPSA) is 50.4 Å². The third-order valence-electron chi connectivity index (χ3n) is 3.21. The summed E-state index contributed by atoms with van der Waals surface area (Å²) < 4.78 is 18.6. The van der Waals surface area contributed by atoms with Gasteiger partial charge >= 0.3 is 6.03 Å². The van der Waals surface area contributed by atoms with Gasteiger partial charge in [-0.2, -0.15) is 0 Å². The van der Waals surface area contributed by atoms with E-state index in [4.69, 9.17) is 4.74 Å². The van der Waals surface area contributed by atoms with Crippen LogP contribution in [-0.4, -0.2) is 25.3 Å². The number of carbonyl (C=O) groups excluding carboxylic acids is 1. The van der Waals surface area contributed by atoms with Crippen molar-refractivity contribution in [2.75, 3.05) is 13.2 Å². The van der Waals surface area contributed by atoms with Gasteiger partial charge in [-0.3, -0.25) is 0 Å². The maximum Gasteiger partial charge on any atom is 0.315 e. The molecule has 0 aromatic heterocycles. The summed E-state index contributed by atoms with van der Waals surface area (Å²) in [6.07, 6.45) is 0.849. The molecule has 1 aliphatic rings. The Morgan fingerprint density at radius 2 is 2.11 bits per heavy atom. The molecular weight excluding hydrogens is 247 g/mol. The van der Waals surface area contributed by atoms with E-state index in [1.807, 2.05) is 0 Å². The Balaban J connectivity index is 1.86. The van der Waals surface area contributed by atoms with E-state index in [2.05, 4.69) is 10.6 Å². The van der Waals surface area contributed by atoms with Crippen molar-refractivity contribution in [3.63, 3.8) is 0 Å². The molecule has 0 radical (unpaired) electrons. The summed E-state index contributed by atoms with van der Waals surface area (Å²) in [5.74, 6) is -0.184. The smallest absolute Gasteiger partial charge is 0.315 e. The largest absolute Gasteiger partial charge is 0.379 e. The molecule has 1 heterocycles. The Labute approximate surface area is 112 Å². The molecule has 19 heavy (non-hydrogen) atoms. The van der Waals surface area contributed by atoms with E-state index >= 15 is 0 Å². The fourth-order valence-electron chi connectivity index (χ4n) is 2.20. The SMILES string of the molecule is Cc1cc(CNC(=O)NC2CCOC2)cc(C)c1F. The number of hydrogen-bond acceptors (Lipinski definition) is 2. The highest BCUT2D eigenvalue weighted by Gasteiger charge is 2.17. The van der Waals surface area contributed by atoms with Crippen LogP contribution in [0.25, 0.3) is 0 Å². The number of ether oxygens (including phenoxy) is 1. The lowest BCUT2D eigenvalue weighted by Gasteiger charge is -2.12. The molecule has 2 rings (SSSR count). The molecule has 1 aromatic carbocycles. The average Bonchev–Trinajstić information content (AvgIpc) is 2.86. The number of rotatable bonds is 3. The van der Waals surface area contributed by atoms with E-state index in [0.29, 0.717) is 30.9 Å². The second-order valence-corrected chi connectivity index (χ2v) is 4.93. The van der Waals surface area contributed by atoms with E-state index in [1.54, 1.807) is 26.0 Å². The van der Waals surface area contributed by atoms with E-state index < -0.39 is 0 Å². The minimum Gasteiger partial charge on any atom is -0.379 e. The predicted molar refractivity (Wildman–Crippen MR) is 70.5 cm³/mol. The van der Waals surface area contributed by atoms with Gasteiger partial charge in [0.25, 0.3) is 0 Å². The van der Waals surface area contributed by atoms with Crippen molar-refractivity contribution < 1.29 is 13.9 Å². The van der Waals surface area contributed by atoms with Crippen LogP contribution in [0.4, 0.5) is 9.18 Å². The molecule has 1 atom stereocenters. The molecule has 0 bridgehead atoms. The van der Waals surface area contributed by atoms with Crippen LogP contribution >= 0.6 is 0 Å². The number of benzene rings is 1. The molecule has 2 amide bonds. The van der Waals surface area contributed by atoms with E-state index in [9.17, 15) is 9.18 Å². The van der Waals surface area contributed by atoms with Gasteiger partial charge < -0.3 is 15.4 Å². The van der Waals surface area contributed by atoms with Crippen molar-refractivity contribution in [2.24, 2.45) is 0 Å². The Morgan fingerprint density at radius 1 is 1.42 bits per heavy atom. The molecule has 0 saturated carbocycles. The molecule has 5 heteroatoms. The average molecular weight is 266 g/mol. The molecule has 1 unspecified atom stereocenters. The van der Waals surface area contributed by atoms with Gasteiger partial charge in [0, 0.05) is 13.2 Å². The second-order valence-electron chi connectivity index (χ2n) is 4.93. The van der Waals surface area contributed by atoms with Gasteiger partial charge in [0.1, 0.15) is 5.82 Å². The fraction of sp³-hybridized carbons (Fsp3) is 0.500. The zero-order valence-corrected chi connectivity index (χ0v) is 11.3. The Morgan fingerprint density at radius 3 is 2.68 bits per heavy atom. The monoisotopic (exact) mass is 266 g/mol. The summed E-state index contributed by atoms with van der Waals surface area (Å²) in [5, 5.41) is 5.61. The van der Waals surface area contributed by atoms with Gasteiger partial charge in [0.05, 0.1) is 12.6 Å². The third-order valence-corrected chi connectivity index (χ3v) is 3.21. The van der Waals surface area contributed by atoms with Crippen molar-refractivity contribution in [1.82, 2.24) is 10.6 Å². The molecule has 0 spiro atoms. The van der Waals surface area contributed by atoms with Crippen molar-refractivity contribution in [1.29, 1.82) is 0 Å². The molecule has 104 valence electrons. The van der Waals surface area contributed by atoms with Crippen LogP contribution in [0.3, 0.4) is 0 Å². The Kier molecular flexibility index (Phi) is 4.37. The van der Waals surface area contributed by atoms with Gasteiger partial charge in [-0.1, -0.05) is 12.1 Å². The highest BCUT2D eigenvalue weighted by molar-refractivity contribution is 5.74. The van der Waals surface area contributed by atoms with Crippen molar-refractivity contribution in [3.05, 3.63) is 34.6 Å². The summed E-state index contributed by atoms with van der Waals surface area (Å²) in [5.41, 5.74) is 2.09. The Hall–Kier alpha value is -1.62. The quantitative estimate of drug-likeness (QED) is 0.879. The van der Waals surface area contributed by atoms with Crippen LogP contribution in [-0.2, 0) is 11.3 Å². The van der Waals surface area contributed by atoms with Crippen LogP contribution in [0.1, 0.15) is 23.1 Å². The van der Waals surface area contributed by atoms with Crippen LogP contribution in [0.5, 0.6) is 0 Å². The molecule has 1 saturated heterocycles. The standard InChI is InChI=1S/C14H19FN2O2/c1-9-5-11(6-10(2)13(9)15)7-16-14(18)17-12-3-4-19-8-12/h5-6,12H,3-4,7-8H2,1-2H3,(H2,16,17,18). The number of amides is 2. The predicted octanol–water partition coefficient (Wildman–Crippen LogP) is 2.03. The number of halogens is 1. The van der Waals surface area contributed by atoms with Crippen LogP contribution in [0.2, 0.25) is 0 Å². The van der Waals surface area contributed by atoms with Gasteiger partial charge in [0.2, 0.25) is 0 Å². The normalized spacial score (nSPS) is 18.4. The van der Waals surface area contributed by atoms with Crippen LogP contribution in [0.15, 0.2) is 12.1 Å². The van der Waals surface area contributed by atoms with Gasteiger partial charge in [-0.05, 0) is 37.0 Å². The molecule has 2 N–H and O–H groups in total. The number of carbonyl (C=O) groups is 1. The van der Waals surface area contributed by atoms with E-state index in [0.717, 1.165) is 12.0 Å². The molecular formula is C14H19FN2O2. The van der Waals surface area contributed by atoms with Crippen molar-refractivity contribution >= 4 is 6.03 Å². The lowest BCUT2D eigenvalue weighted by atomic mass is 10.1. The Bertz CT molecular complexity index is 448. The second kappa shape index (κ2) is 6.02. The summed E-state index contributed by atoms with van der Waals surface area (Å²) >= 11 is 0. The minimum absolute atomic E-state index is 0.0942. The first kappa shape index (κ1) is 13.8. The highest BCUT2D eigenvalue weighted by atomic mass is 19.1. The van der Waals surface area contributed by atoms with Gasteiger partial charge in [-0.25, -0.2) is 9.18 Å². The third kappa shape index (κ3) is 3.67. The first-order valence-electron chi connectivity index (χ1n) is 6.44. The molecule has 1 fully saturated rings. The number of aryl methyl sites for hydroxylation is 2. The molecule has 1 aliphatic heterocycles. The lowest BCUT2D eigenvalue weighted by Crippen LogP contribution is -2.42. The van der Waals surface area contributed by atoms with Gasteiger partial charge in [-0.15, -0.1) is 0 Å². The summed E-state index contributed by atoms with van der Waals surface area (Å²) in [6.45, 7) is 5.11. The maximum atomic E-state index is 13.5. The van der Waals surface area contributed by atoms with Gasteiger partial charge in [0.15, 0.2) is 0 Å². The first-order chi connectivity index (χ1) is 9.06. The van der Waals surface area contributed by atoms with E-state index in [1.165, 1.54) is 0 Å². The minimum atomic E-state index is -0.213. The summed E-state index contributed by atoms with van der Waals surface area (Å²) in [6, 6.07) is 3.38. The number of urea groups is 1. The maximum absolute atomic E-state index is 13.5. The fourth-order valence-corrected chi connectivity index (χ4v) is 2.20. The zero-order valence-electron chi connectivity index (χ0n) is 11.3. The number of nitrogens with one attached hydrogen (secondary N) is 2. The van der Waals surface area contributed by atoms with Crippen molar-refractivity contribution in [2.45, 2.75) is 32.9 Å². The van der Waals surface area contributed by atoms with Crippen LogP contribution < -0.4 is 10.6 Å². The van der Waals surface area contributed by atoms with Crippen molar-refractivity contribution in [3.8, 4) is 0 Å². The summed E-state index contributed by atoms with van der Waals surface area (Å²) in [7, 11) is 0. The zero-order chi connectivity index (χ0) is 13.8. The van der Waals surface area contributed by atoms with Crippen LogP contribution in [0, 0.1) is 19.7 Å². The highest BCUT2D eigenvalue weighted by Crippen LogP contribution is 2.14.